The van der Waals surface area contributed by atoms with E-state index in [1.54, 1.807) is 13.1 Å². The van der Waals surface area contributed by atoms with Crippen LogP contribution in [-0.2, 0) is 22.6 Å². The van der Waals surface area contributed by atoms with Gasteiger partial charge < -0.3 is 9.64 Å². The summed E-state index contributed by atoms with van der Waals surface area (Å²) in [6, 6.07) is 12.6. The molecule has 0 aliphatic carbocycles. The van der Waals surface area contributed by atoms with Gasteiger partial charge in [0.2, 0.25) is 5.91 Å². The van der Waals surface area contributed by atoms with E-state index in [9.17, 15) is 4.79 Å². The number of aromatic nitrogens is 1. The van der Waals surface area contributed by atoms with Crippen LogP contribution in [0.5, 0.6) is 0 Å². The van der Waals surface area contributed by atoms with Gasteiger partial charge in [0.05, 0.1) is 12.7 Å². The van der Waals surface area contributed by atoms with Gasteiger partial charge in [0, 0.05) is 38.3 Å². The Morgan fingerprint density at radius 1 is 1.28 bits per heavy atom. The zero-order valence-corrected chi connectivity index (χ0v) is 15.0. The molecule has 2 aromatic rings. The van der Waals surface area contributed by atoms with Gasteiger partial charge in [-0.2, -0.15) is 0 Å². The molecule has 25 heavy (non-hydrogen) atoms. The fraction of sp³-hybridized carbons (Fsp3) is 0.429. The van der Waals surface area contributed by atoms with Gasteiger partial charge >= 0.3 is 0 Å². The minimum absolute atomic E-state index is 0.153. The smallest absolute Gasteiger partial charge is 0.219 e. The molecule has 1 aromatic heterocycles. The SMILES string of the molecule is CC(=O)N1CC[C@@H](OCc2cccnc2)[C@@H](Cc2cccc(C)c2)C1. The van der Waals surface area contributed by atoms with Crippen molar-refractivity contribution < 1.29 is 9.53 Å². The van der Waals surface area contributed by atoms with Crippen molar-refractivity contribution in [1.29, 1.82) is 0 Å². The van der Waals surface area contributed by atoms with Gasteiger partial charge in [0.25, 0.3) is 0 Å². The second-order valence-electron chi connectivity index (χ2n) is 6.92. The fourth-order valence-electron chi connectivity index (χ4n) is 3.54. The van der Waals surface area contributed by atoms with Crippen molar-refractivity contribution in [1.82, 2.24) is 9.88 Å². The van der Waals surface area contributed by atoms with Crippen LogP contribution in [0.15, 0.2) is 48.8 Å². The summed E-state index contributed by atoms with van der Waals surface area (Å²) in [6.07, 6.45) is 5.60. The summed E-state index contributed by atoms with van der Waals surface area (Å²) in [5.74, 6) is 0.469. The number of amides is 1. The number of rotatable bonds is 5. The van der Waals surface area contributed by atoms with Crippen LogP contribution >= 0.6 is 0 Å². The molecule has 1 saturated heterocycles. The van der Waals surface area contributed by atoms with Gasteiger partial charge in [0.15, 0.2) is 0 Å². The van der Waals surface area contributed by atoms with Crippen LogP contribution in [-0.4, -0.2) is 35.0 Å². The Bertz CT molecular complexity index is 702. The molecule has 132 valence electrons. The molecule has 3 rings (SSSR count). The highest BCUT2D eigenvalue weighted by molar-refractivity contribution is 5.73. The molecule has 4 nitrogen and oxygen atoms in total. The van der Waals surface area contributed by atoms with Gasteiger partial charge in [-0.15, -0.1) is 0 Å². The largest absolute Gasteiger partial charge is 0.373 e. The van der Waals surface area contributed by atoms with Crippen LogP contribution in [0.4, 0.5) is 0 Å². The van der Waals surface area contributed by atoms with Crippen LogP contribution in [0.3, 0.4) is 0 Å². The lowest BCUT2D eigenvalue weighted by molar-refractivity contribution is -0.134. The average molecular weight is 338 g/mol. The predicted molar refractivity (Wildman–Crippen MR) is 98.1 cm³/mol. The highest BCUT2D eigenvalue weighted by Gasteiger charge is 2.31. The molecule has 1 aromatic carbocycles. The summed E-state index contributed by atoms with van der Waals surface area (Å²) in [7, 11) is 0. The van der Waals surface area contributed by atoms with Crippen molar-refractivity contribution >= 4 is 5.91 Å². The average Bonchev–Trinajstić information content (AvgIpc) is 2.61. The van der Waals surface area contributed by atoms with E-state index in [-0.39, 0.29) is 12.0 Å². The number of hydrogen-bond donors (Lipinski definition) is 0. The van der Waals surface area contributed by atoms with E-state index in [0.29, 0.717) is 12.5 Å². The number of hydrogen-bond acceptors (Lipinski definition) is 3. The second kappa shape index (κ2) is 8.26. The Morgan fingerprint density at radius 3 is 2.84 bits per heavy atom. The predicted octanol–water partition coefficient (Wildman–Crippen LogP) is 3.39. The van der Waals surface area contributed by atoms with Gasteiger partial charge in [-0.25, -0.2) is 0 Å². The van der Waals surface area contributed by atoms with Crippen molar-refractivity contribution in [2.24, 2.45) is 5.92 Å². The molecular weight excluding hydrogens is 312 g/mol. The van der Waals surface area contributed by atoms with Crippen molar-refractivity contribution in [2.75, 3.05) is 13.1 Å². The third-order valence-electron chi connectivity index (χ3n) is 4.88. The number of piperidine rings is 1. The lowest BCUT2D eigenvalue weighted by Gasteiger charge is -2.38. The molecule has 0 N–H and O–H groups in total. The molecule has 0 saturated carbocycles. The first-order chi connectivity index (χ1) is 12.1. The molecule has 2 atom stereocenters. The van der Waals surface area contributed by atoms with Crippen LogP contribution in [0.2, 0.25) is 0 Å². The first kappa shape index (κ1) is 17.6. The zero-order chi connectivity index (χ0) is 17.6. The first-order valence-electron chi connectivity index (χ1n) is 8.93. The zero-order valence-electron chi connectivity index (χ0n) is 15.0. The molecule has 1 aliphatic rings. The molecular formula is C21H26N2O2. The summed E-state index contributed by atoms with van der Waals surface area (Å²) in [6.45, 7) is 5.88. The Hall–Kier alpha value is -2.20. The van der Waals surface area contributed by atoms with E-state index < -0.39 is 0 Å². The minimum atomic E-state index is 0.153. The number of carbonyl (C=O) groups excluding carboxylic acids is 1. The number of nitrogens with zero attached hydrogens (tertiary/aromatic N) is 2. The molecule has 0 bridgehead atoms. The third kappa shape index (κ3) is 4.89. The summed E-state index contributed by atoms with van der Waals surface area (Å²) < 4.78 is 6.23. The van der Waals surface area contributed by atoms with Crippen LogP contribution < -0.4 is 0 Å². The molecule has 4 heteroatoms. The van der Waals surface area contributed by atoms with E-state index in [1.165, 1.54) is 11.1 Å². The summed E-state index contributed by atoms with van der Waals surface area (Å²) >= 11 is 0. The monoisotopic (exact) mass is 338 g/mol. The quantitative estimate of drug-likeness (QED) is 0.839. The van der Waals surface area contributed by atoms with E-state index in [1.807, 2.05) is 23.2 Å². The maximum Gasteiger partial charge on any atom is 0.219 e. The van der Waals surface area contributed by atoms with Gasteiger partial charge in [-0.1, -0.05) is 35.9 Å². The standard InChI is InChI=1S/C21H26N2O2/c1-16-5-3-6-18(11-16)12-20-14-23(17(2)24)10-8-21(20)25-15-19-7-4-9-22-13-19/h3-7,9,11,13,20-21H,8,10,12,14-15H2,1-2H3/t20-,21+/m0/s1. The van der Waals surface area contributed by atoms with E-state index in [4.69, 9.17) is 4.74 Å². The second-order valence-corrected chi connectivity index (χ2v) is 6.92. The number of likely N-dealkylation sites (tertiary alicyclic amines) is 1. The van der Waals surface area contributed by atoms with Crippen LogP contribution in [0.1, 0.15) is 30.0 Å². The fourth-order valence-corrected chi connectivity index (χ4v) is 3.54. The molecule has 0 spiro atoms. The van der Waals surface area contributed by atoms with Crippen molar-refractivity contribution in [3.05, 3.63) is 65.5 Å². The normalized spacial score (nSPS) is 20.5. The minimum Gasteiger partial charge on any atom is -0.373 e. The first-order valence-corrected chi connectivity index (χ1v) is 8.93. The number of ether oxygens (including phenoxy) is 1. The molecule has 1 amide bonds. The van der Waals surface area contributed by atoms with Gasteiger partial charge in [-0.3, -0.25) is 9.78 Å². The van der Waals surface area contributed by atoms with Crippen LogP contribution in [0.25, 0.3) is 0 Å². The van der Waals surface area contributed by atoms with Crippen LogP contribution in [0, 0.1) is 12.8 Å². The van der Waals surface area contributed by atoms with Crippen molar-refractivity contribution in [3.8, 4) is 0 Å². The molecule has 2 heterocycles. The maximum absolute atomic E-state index is 11.8. The maximum atomic E-state index is 11.8. The Kier molecular flexibility index (Phi) is 5.82. The van der Waals surface area contributed by atoms with E-state index >= 15 is 0 Å². The molecule has 1 aliphatic heterocycles. The number of carbonyl (C=O) groups is 1. The molecule has 1 fully saturated rings. The summed E-state index contributed by atoms with van der Waals surface area (Å²) in [5.41, 5.74) is 3.67. The molecule has 0 unspecified atom stereocenters. The number of aryl methyl sites for hydroxylation is 1. The van der Waals surface area contributed by atoms with Crippen molar-refractivity contribution in [2.45, 2.75) is 39.4 Å². The Balaban J connectivity index is 1.69. The van der Waals surface area contributed by atoms with Crippen molar-refractivity contribution in [3.63, 3.8) is 0 Å². The third-order valence-corrected chi connectivity index (χ3v) is 4.88. The topological polar surface area (TPSA) is 42.4 Å². The lowest BCUT2D eigenvalue weighted by atomic mass is 9.88. The number of benzene rings is 1. The van der Waals surface area contributed by atoms with E-state index in [0.717, 1.165) is 31.5 Å². The summed E-state index contributed by atoms with van der Waals surface area (Å²) in [4.78, 5) is 17.9. The molecule has 0 radical (unpaired) electrons. The highest BCUT2D eigenvalue weighted by atomic mass is 16.5. The van der Waals surface area contributed by atoms with Gasteiger partial charge in [0.1, 0.15) is 0 Å². The summed E-state index contributed by atoms with van der Waals surface area (Å²) in [5, 5.41) is 0. The van der Waals surface area contributed by atoms with Gasteiger partial charge in [-0.05, 0) is 37.0 Å². The Labute approximate surface area is 149 Å². The Morgan fingerprint density at radius 2 is 2.12 bits per heavy atom. The lowest BCUT2D eigenvalue weighted by Crippen LogP contribution is -2.46. The number of pyridine rings is 1. The highest BCUT2D eigenvalue weighted by Crippen LogP contribution is 2.25. The van der Waals surface area contributed by atoms with E-state index in [2.05, 4.69) is 36.2 Å².